The summed E-state index contributed by atoms with van der Waals surface area (Å²) in [6.07, 6.45) is 1.03. The van der Waals surface area contributed by atoms with E-state index in [0.29, 0.717) is 19.4 Å². The second-order valence-corrected chi connectivity index (χ2v) is 13.3. The molecule has 26 heavy (non-hydrogen) atoms. The zero-order valence-electron chi connectivity index (χ0n) is 16.9. The molecule has 1 N–H and O–H groups in total. The number of aliphatic hydroxyl groups excluding tert-OH is 1. The molecule has 1 aliphatic rings. The van der Waals surface area contributed by atoms with Crippen LogP contribution in [-0.4, -0.2) is 50.1 Å². The maximum atomic E-state index is 12.5. The van der Waals surface area contributed by atoms with Gasteiger partial charge in [0, 0.05) is 13.0 Å². The molecule has 2 rings (SSSR count). The van der Waals surface area contributed by atoms with E-state index in [9.17, 15) is 9.90 Å². The van der Waals surface area contributed by atoms with E-state index in [-0.39, 0.29) is 29.7 Å². The molecule has 1 aromatic rings. The van der Waals surface area contributed by atoms with Gasteiger partial charge in [-0.3, -0.25) is 4.79 Å². The number of amides is 1. The van der Waals surface area contributed by atoms with Crippen molar-refractivity contribution in [3.05, 3.63) is 29.8 Å². The minimum absolute atomic E-state index is 0.0787. The standard InChI is InChI=1S/C20H33NO4Si/c1-20(2,3)26(5,6)25-18-11-12-19(23)21(17(18)14-22)13-15-7-9-16(24-4)10-8-15/h7-10,17-18,22H,11-14H2,1-6H3/t17-,18-/m0/s1. The van der Waals surface area contributed by atoms with Crippen molar-refractivity contribution in [2.45, 2.75) is 70.4 Å². The molecule has 0 bridgehead atoms. The summed E-state index contributed by atoms with van der Waals surface area (Å²) in [5, 5.41) is 10.1. The molecule has 0 spiro atoms. The Morgan fingerprint density at radius 1 is 1.23 bits per heavy atom. The number of likely N-dealkylation sites (tertiary alicyclic amines) is 1. The molecule has 5 nitrogen and oxygen atoms in total. The number of hydrogen-bond acceptors (Lipinski definition) is 4. The predicted octanol–water partition coefficient (Wildman–Crippen LogP) is 3.57. The first-order chi connectivity index (χ1) is 12.1. The summed E-state index contributed by atoms with van der Waals surface area (Å²) in [6, 6.07) is 7.40. The van der Waals surface area contributed by atoms with Gasteiger partial charge in [0.05, 0.1) is 25.9 Å². The molecule has 1 fully saturated rings. The normalized spacial score (nSPS) is 21.8. The fraction of sp³-hybridized carbons (Fsp3) is 0.650. The Kier molecular flexibility index (Phi) is 6.53. The lowest BCUT2D eigenvalue weighted by atomic mass is 9.98. The first-order valence-corrected chi connectivity index (χ1v) is 12.2. The van der Waals surface area contributed by atoms with Crippen molar-refractivity contribution in [3.63, 3.8) is 0 Å². The van der Waals surface area contributed by atoms with Gasteiger partial charge in [0.15, 0.2) is 8.32 Å². The van der Waals surface area contributed by atoms with Crippen LogP contribution in [0.3, 0.4) is 0 Å². The molecule has 146 valence electrons. The minimum Gasteiger partial charge on any atom is -0.497 e. The molecular weight excluding hydrogens is 346 g/mol. The molecule has 1 aliphatic heterocycles. The van der Waals surface area contributed by atoms with Crippen molar-refractivity contribution in [2.24, 2.45) is 0 Å². The summed E-state index contributed by atoms with van der Waals surface area (Å²) in [4.78, 5) is 14.3. The van der Waals surface area contributed by atoms with E-state index < -0.39 is 8.32 Å². The Balaban J connectivity index is 2.17. The predicted molar refractivity (Wildman–Crippen MR) is 106 cm³/mol. The SMILES string of the molecule is COc1ccc(CN2C(=O)CC[C@H](O[Si](C)(C)C(C)(C)C)[C@@H]2CO)cc1. The Labute approximate surface area is 158 Å². The summed E-state index contributed by atoms with van der Waals surface area (Å²) in [6.45, 7) is 11.4. The van der Waals surface area contributed by atoms with Crippen molar-refractivity contribution in [3.8, 4) is 5.75 Å². The number of ether oxygens (including phenoxy) is 1. The van der Waals surface area contributed by atoms with Gasteiger partial charge in [0.1, 0.15) is 5.75 Å². The average Bonchev–Trinajstić information content (AvgIpc) is 2.57. The van der Waals surface area contributed by atoms with Crippen LogP contribution in [-0.2, 0) is 15.8 Å². The zero-order valence-corrected chi connectivity index (χ0v) is 17.9. The smallest absolute Gasteiger partial charge is 0.223 e. The quantitative estimate of drug-likeness (QED) is 0.768. The molecule has 1 heterocycles. The van der Waals surface area contributed by atoms with E-state index in [2.05, 4.69) is 33.9 Å². The third-order valence-corrected chi connectivity index (χ3v) is 10.2. The second kappa shape index (κ2) is 8.11. The number of methoxy groups -OCH3 is 1. The van der Waals surface area contributed by atoms with E-state index in [4.69, 9.17) is 9.16 Å². The fourth-order valence-electron chi connectivity index (χ4n) is 3.03. The van der Waals surface area contributed by atoms with Crippen LogP contribution in [0.25, 0.3) is 0 Å². The first kappa shape index (κ1) is 20.9. The lowest BCUT2D eigenvalue weighted by Crippen LogP contribution is -2.57. The molecule has 0 radical (unpaired) electrons. The first-order valence-electron chi connectivity index (χ1n) is 9.30. The third kappa shape index (κ3) is 4.67. The maximum Gasteiger partial charge on any atom is 0.223 e. The monoisotopic (exact) mass is 379 g/mol. The van der Waals surface area contributed by atoms with Gasteiger partial charge < -0.3 is 19.2 Å². The van der Waals surface area contributed by atoms with Crippen LogP contribution in [0, 0.1) is 0 Å². The van der Waals surface area contributed by atoms with Crippen molar-refractivity contribution in [1.29, 1.82) is 0 Å². The molecule has 6 heteroatoms. The van der Waals surface area contributed by atoms with Crippen LogP contribution in [0.1, 0.15) is 39.2 Å². The van der Waals surface area contributed by atoms with Crippen LogP contribution in [0.5, 0.6) is 5.75 Å². The number of carbonyl (C=O) groups excluding carboxylic acids is 1. The van der Waals surface area contributed by atoms with Gasteiger partial charge in [-0.05, 0) is 42.2 Å². The molecule has 1 aromatic carbocycles. The van der Waals surface area contributed by atoms with Gasteiger partial charge in [-0.2, -0.15) is 0 Å². The van der Waals surface area contributed by atoms with Crippen molar-refractivity contribution >= 4 is 14.2 Å². The third-order valence-electron chi connectivity index (χ3n) is 5.74. The topological polar surface area (TPSA) is 59.0 Å². The summed E-state index contributed by atoms with van der Waals surface area (Å²) in [5.41, 5.74) is 1.02. The number of aliphatic hydroxyl groups is 1. The molecule has 0 aliphatic carbocycles. The molecule has 0 saturated carbocycles. The number of carbonyl (C=O) groups is 1. The van der Waals surface area contributed by atoms with Gasteiger partial charge in [-0.1, -0.05) is 32.9 Å². The molecule has 1 saturated heterocycles. The Hall–Kier alpha value is -1.37. The van der Waals surface area contributed by atoms with E-state index in [1.54, 1.807) is 12.0 Å². The summed E-state index contributed by atoms with van der Waals surface area (Å²) < 4.78 is 11.8. The van der Waals surface area contributed by atoms with Crippen LogP contribution < -0.4 is 4.74 Å². The highest BCUT2D eigenvalue weighted by Gasteiger charge is 2.44. The Bertz CT molecular complexity index is 609. The van der Waals surface area contributed by atoms with E-state index >= 15 is 0 Å². The number of benzene rings is 1. The summed E-state index contributed by atoms with van der Waals surface area (Å²) in [5.74, 6) is 0.867. The lowest BCUT2D eigenvalue weighted by molar-refractivity contribution is -0.144. The lowest BCUT2D eigenvalue weighted by Gasteiger charge is -2.46. The van der Waals surface area contributed by atoms with Crippen LogP contribution in [0.2, 0.25) is 18.1 Å². The highest BCUT2D eigenvalue weighted by Crippen LogP contribution is 2.39. The maximum absolute atomic E-state index is 12.5. The number of piperidine rings is 1. The largest absolute Gasteiger partial charge is 0.497 e. The molecule has 0 aromatic heterocycles. The minimum atomic E-state index is -1.97. The molecular formula is C20H33NO4Si. The molecule has 2 atom stereocenters. The van der Waals surface area contributed by atoms with E-state index in [1.807, 2.05) is 24.3 Å². The zero-order chi connectivity index (χ0) is 19.5. The highest BCUT2D eigenvalue weighted by molar-refractivity contribution is 6.74. The van der Waals surface area contributed by atoms with Crippen LogP contribution >= 0.6 is 0 Å². The van der Waals surface area contributed by atoms with E-state index in [1.165, 1.54) is 0 Å². The van der Waals surface area contributed by atoms with Crippen molar-refractivity contribution in [1.82, 2.24) is 4.90 Å². The van der Waals surface area contributed by atoms with Crippen molar-refractivity contribution < 1.29 is 19.1 Å². The summed E-state index contributed by atoms with van der Waals surface area (Å²) >= 11 is 0. The number of nitrogens with zero attached hydrogens (tertiary/aromatic N) is 1. The van der Waals surface area contributed by atoms with Gasteiger partial charge >= 0.3 is 0 Å². The van der Waals surface area contributed by atoms with Gasteiger partial charge in [-0.15, -0.1) is 0 Å². The number of hydrogen-bond donors (Lipinski definition) is 1. The fourth-order valence-corrected chi connectivity index (χ4v) is 4.41. The average molecular weight is 380 g/mol. The van der Waals surface area contributed by atoms with Gasteiger partial charge in [0.2, 0.25) is 5.91 Å². The molecule has 1 amide bonds. The summed E-state index contributed by atoms with van der Waals surface area (Å²) in [7, 11) is -0.339. The van der Waals surface area contributed by atoms with Gasteiger partial charge in [0.25, 0.3) is 0 Å². The van der Waals surface area contributed by atoms with Crippen molar-refractivity contribution in [2.75, 3.05) is 13.7 Å². The van der Waals surface area contributed by atoms with E-state index in [0.717, 1.165) is 11.3 Å². The second-order valence-electron chi connectivity index (χ2n) is 8.57. The molecule has 0 unspecified atom stereocenters. The van der Waals surface area contributed by atoms with Crippen LogP contribution in [0.4, 0.5) is 0 Å². The Morgan fingerprint density at radius 3 is 2.35 bits per heavy atom. The van der Waals surface area contributed by atoms with Gasteiger partial charge in [-0.25, -0.2) is 0 Å². The Morgan fingerprint density at radius 2 is 1.85 bits per heavy atom. The van der Waals surface area contributed by atoms with Crippen LogP contribution in [0.15, 0.2) is 24.3 Å². The number of rotatable bonds is 6. The highest BCUT2D eigenvalue weighted by atomic mass is 28.4.